The maximum atomic E-state index is 10.4. The Morgan fingerprint density at radius 3 is 2.47 bits per heavy atom. The van der Waals surface area contributed by atoms with E-state index in [1.54, 1.807) is 12.4 Å². The van der Waals surface area contributed by atoms with Crippen molar-refractivity contribution in [3.05, 3.63) is 64.5 Å². The molecule has 0 fully saturated rings. The van der Waals surface area contributed by atoms with Crippen LogP contribution < -0.4 is 0 Å². The summed E-state index contributed by atoms with van der Waals surface area (Å²) < 4.78 is 0. The highest BCUT2D eigenvalue weighted by molar-refractivity contribution is 5.40. The molecule has 1 aromatic carbocycles. The van der Waals surface area contributed by atoms with Gasteiger partial charge in [-0.15, -0.1) is 0 Å². The Bertz CT molecular complexity index is 534. The maximum Gasteiger partial charge on any atom is 0.106 e. The summed E-state index contributed by atoms with van der Waals surface area (Å²) in [5.74, 6) is 0. The number of pyridine rings is 1. The average molecular weight is 227 g/mol. The van der Waals surface area contributed by atoms with Crippen molar-refractivity contribution in [1.82, 2.24) is 4.98 Å². The van der Waals surface area contributed by atoms with Gasteiger partial charge in [0.05, 0.1) is 0 Å². The fourth-order valence-electron chi connectivity index (χ4n) is 2.00. The van der Waals surface area contributed by atoms with Crippen molar-refractivity contribution in [3.63, 3.8) is 0 Å². The van der Waals surface area contributed by atoms with E-state index in [2.05, 4.69) is 18.0 Å². The second-order valence-corrected chi connectivity index (χ2v) is 4.42. The van der Waals surface area contributed by atoms with Crippen LogP contribution in [-0.4, -0.2) is 10.1 Å². The number of hydrogen-bond acceptors (Lipinski definition) is 2. The molecule has 1 heterocycles. The summed E-state index contributed by atoms with van der Waals surface area (Å²) in [5, 5.41) is 10.4. The highest BCUT2D eigenvalue weighted by Crippen LogP contribution is 2.27. The Morgan fingerprint density at radius 2 is 1.76 bits per heavy atom. The molecule has 0 bridgehead atoms. The van der Waals surface area contributed by atoms with Gasteiger partial charge in [0.1, 0.15) is 6.10 Å². The van der Waals surface area contributed by atoms with Crippen LogP contribution in [0.1, 0.15) is 33.9 Å². The zero-order valence-corrected chi connectivity index (χ0v) is 10.4. The van der Waals surface area contributed by atoms with Crippen LogP contribution in [0.5, 0.6) is 0 Å². The molecule has 88 valence electrons. The van der Waals surface area contributed by atoms with Crippen LogP contribution in [0.2, 0.25) is 0 Å². The van der Waals surface area contributed by atoms with E-state index in [4.69, 9.17) is 0 Å². The molecule has 1 aromatic heterocycles. The molecule has 0 aliphatic carbocycles. The smallest absolute Gasteiger partial charge is 0.106 e. The first-order valence-electron chi connectivity index (χ1n) is 5.76. The van der Waals surface area contributed by atoms with E-state index in [1.165, 1.54) is 5.56 Å². The van der Waals surface area contributed by atoms with Crippen LogP contribution in [-0.2, 0) is 0 Å². The largest absolute Gasteiger partial charge is 0.384 e. The average Bonchev–Trinajstić information content (AvgIpc) is 2.32. The predicted molar refractivity (Wildman–Crippen MR) is 69.0 cm³/mol. The number of benzene rings is 1. The summed E-state index contributed by atoms with van der Waals surface area (Å²) in [6, 6.07) is 7.93. The zero-order chi connectivity index (χ0) is 12.4. The molecule has 2 aromatic rings. The Hall–Kier alpha value is -1.67. The van der Waals surface area contributed by atoms with Gasteiger partial charge in [0.25, 0.3) is 0 Å². The topological polar surface area (TPSA) is 33.1 Å². The predicted octanol–water partition coefficient (Wildman–Crippen LogP) is 3.09. The summed E-state index contributed by atoms with van der Waals surface area (Å²) in [6.07, 6.45) is 2.89. The number of aryl methyl sites for hydroxylation is 2. The first-order valence-corrected chi connectivity index (χ1v) is 5.76. The lowest BCUT2D eigenvalue weighted by Crippen LogP contribution is -2.05. The number of nitrogens with zero attached hydrogens (tertiary/aromatic N) is 1. The van der Waals surface area contributed by atoms with E-state index >= 15 is 0 Å². The van der Waals surface area contributed by atoms with E-state index < -0.39 is 6.10 Å². The Balaban J connectivity index is 2.48. The molecule has 17 heavy (non-hydrogen) atoms. The molecule has 2 rings (SSSR count). The molecule has 0 aliphatic rings. The molecule has 1 unspecified atom stereocenters. The lowest BCUT2D eigenvalue weighted by atomic mass is 9.94. The minimum atomic E-state index is -0.594. The third-order valence-corrected chi connectivity index (χ3v) is 3.32. The zero-order valence-electron chi connectivity index (χ0n) is 10.4. The molecule has 0 amide bonds. The van der Waals surface area contributed by atoms with Crippen LogP contribution in [0.3, 0.4) is 0 Å². The number of aliphatic hydroxyl groups is 1. The van der Waals surface area contributed by atoms with Crippen molar-refractivity contribution in [3.8, 4) is 0 Å². The minimum absolute atomic E-state index is 0.594. The van der Waals surface area contributed by atoms with E-state index in [1.807, 2.05) is 32.0 Å². The van der Waals surface area contributed by atoms with Crippen LogP contribution in [0.15, 0.2) is 36.7 Å². The van der Waals surface area contributed by atoms with Gasteiger partial charge in [-0.3, -0.25) is 4.98 Å². The lowest BCUT2D eigenvalue weighted by Gasteiger charge is -2.17. The van der Waals surface area contributed by atoms with Crippen molar-refractivity contribution >= 4 is 0 Å². The van der Waals surface area contributed by atoms with Crippen molar-refractivity contribution in [2.24, 2.45) is 0 Å². The van der Waals surface area contributed by atoms with Gasteiger partial charge in [-0.05, 0) is 49.1 Å². The van der Waals surface area contributed by atoms with Gasteiger partial charge in [-0.25, -0.2) is 0 Å². The van der Waals surface area contributed by atoms with Crippen molar-refractivity contribution in [2.45, 2.75) is 26.9 Å². The highest BCUT2D eigenvalue weighted by Gasteiger charge is 2.15. The van der Waals surface area contributed by atoms with Crippen LogP contribution in [0.25, 0.3) is 0 Å². The van der Waals surface area contributed by atoms with E-state index in [0.717, 1.165) is 22.3 Å². The van der Waals surface area contributed by atoms with Gasteiger partial charge in [-0.1, -0.05) is 18.2 Å². The fourth-order valence-corrected chi connectivity index (χ4v) is 2.00. The molecule has 1 N–H and O–H groups in total. The molecule has 0 aliphatic heterocycles. The second-order valence-electron chi connectivity index (χ2n) is 4.42. The van der Waals surface area contributed by atoms with Crippen molar-refractivity contribution in [1.29, 1.82) is 0 Å². The quantitative estimate of drug-likeness (QED) is 0.855. The summed E-state index contributed by atoms with van der Waals surface area (Å²) in [7, 11) is 0. The molecule has 0 spiro atoms. The number of aromatic nitrogens is 1. The molecule has 0 saturated carbocycles. The van der Waals surface area contributed by atoms with E-state index in [-0.39, 0.29) is 0 Å². The Morgan fingerprint density at radius 1 is 1.00 bits per heavy atom. The Labute approximate surface area is 102 Å². The van der Waals surface area contributed by atoms with Gasteiger partial charge >= 0.3 is 0 Å². The minimum Gasteiger partial charge on any atom is -0.384 e. The first-order chi connectivity index (χ1) is 8.11. The summed E-state index contributed by atoms with van der Waals surface area (Å²) >= 11 is 0. The van der Waals surface area contributed by atoms with Crippen LogP contribution >= 0.6 is 0 Å². The number of aliphatic hydroxyl groups excluding tert-OH is 1. The second kappa shape index (κ2) is 4.68. The fraction of sp³-hybridized carbons (Fsp3) is 0.267. The van der Waals surface area contributed by atoms with E-state index in [9.17, 15) is 5.11 Å². The molecule has 0 saturated heterocycles. The van der Waals surface area contributed by atoms with Gasteiger partial charge in [-0.2, -0.15) is 0 Å². The molecular weight excluding hydrogens is 210 g/mol. The van der Waals surface area contributed by atoms with Crippen LogP contribution in [0, 0.1) is 20.8 Å². The standard InChI is InChI=1S/C15H17NO/c1-10-5-4-6-13(12(10)3)15(17)14-9-16-8-7-11(14)2/h4-9,15,17H,1-3H3. The van der Waals surface area contributed by atoms with Gasteiger partial charge < -0.3 is 5.11 Å². The first kappa shape index (κ1) is 11.8. The van der Waals surface area contributed by atoms with Crippen molar-refractivity contribution < 1.29 is 5.11 Å². The third kappa shape index (κ3) is 2.22. The number of rotatable bonds is 2. The summed E-state index contributed by atoms with van der Waals surface area (Å²) in [4.78, 5) is 4.08. The highest BCUT2D eigenvalue weighted by atomic mass is 16.3. The van der Waals surface area contributed by atoms with Crippen LogP contribution in [0.4, 0.5) is 0 Å². The monoisotopic (exact) mass is 227 g/mol. The summed E-state index contributed by atoms with van der Waals surface area (Å²) in [6.45, 7) is 6.09. The normalized spacial score (nSPS) is 12.5. The molecule has 2 nitrogen and oxygen atoms in total. The number of hydrogen-bond donors (Lipinski definition) is 1. The SMILES string of the molecule is Cc1ccncc1C(O)c1cccc(C)c1C. The van der Waals surface area contributed by atoms with Gasteiger partial charge in [0.2, 0.25) is 0 Å². The molecule has 0 radical (unpaired) electrons. The lowest BCUT2D eigenvalue weighted by molar-refractivity contribution is 0.218. The molecule has 2 heteroatoms. The van der Waals surface area contributed by atoms with Gasteiger partial charge in [0, 0.05) is 18.0 Å². The Kier molecular flexibility index (Phi) is 3.25. The molecular formula is C15H17NO. The molecule has 1 atom stereocenters. The third-order valence-electron chi connectivity index (χ3n) is 3.32. The van der Waals surface area contributed by atoms with Gasteiger partial charge in [0.15, 0.2) is 0 Å². The van der Waals surface area contributed by atoms with E-state index in [0.29, 0.717) is 0 Å². The van der Waals surface area contributed by atoms with Crippen molar-refractivity contribution in [2.75, 3.05) is 0 Å². The summed E-state index contributed by atoms with van der Waals surface area (Å²) in [5.41, 5.74) is 5.24. The maximum absolute atomic E-state index is 10.4.